The first-order valence-corrected chi connectivity index (χ1v) is 7.92. The quantitative estimate of drug-likeness (QED) is 0.598. The van der Waals surface area contributed by atoms with Gasteiger partial charge in [-0.3, -0.25) is 0 Å². The van der Waals surface area contributed by atoms with Gasteiger partial charge in [0, 0.05) is 6.54 Å². The fraction of sp³-hybridized carbons (Fsp3) is 1.00. The third-order valence-corrected chi connectivity index (χ3v) is 4.02. The van der Waals surface area contributed by atoms with E-state index >= 15 is 0 Å². The van der Waals surface area contributed by atoms with Gasteiger partial charge in [0.15, 0.2) is 0 Å². The highest BCUT2D eigenvalue weighted by molar-refractivity contribution is 7.80. The van der Waals surface area contributed by atoms with Gasteiger partial charge in [-0.15, -0.1) is 0 Å². The number of thiol groups is 1. The third kappa shape index (κ3) is 8.10. The fourth-order valence-electron chi connectivity index (χ4n) is 1.97. The van der Waals surface area contributed by atoms with E-state index in [1.165, 1.54) is 45.3 Å². The Kier molecular flexibility index (Phi) is 9.44. The van der Waals surface area contributed by atoms with Crippen LogP contribution < -0.4 is 0 Å². The molecule has 0 aliphatic rings. The van der Waals surface area contributed by atoms with Crippen molar-refractivity contribution in [1.82, 2.24) is 4.90 Å². The average molecular weight is 260 g/mol. The second-order valence-electron chi connectivity index (χ2n) is 6.25. The molecule has 0 spiro atoms. The Balaban J connectivity index is 4.26. The van der Waals surface area contributed by atoms with Crippen molar-refractivity contribution >= 4 is 12.6 Å². The minimum atomic E-state index is 0.373. The van der Waals surface area contributed by atoms with E-state index in [0.717, 1.165) is 5.75 Å². The van der Waals surface area contributed by atoms with Gasteiger partial charge in [0.25, 0.3) is 0 Å². The Morgan fingerprint density at radius 3 is 1.76 bits per heavy atom. The number of unbranched alkanes of at least 4 members (excludes halogenated alkanes) is 2. The standard InChI is InChI=1S/C15H33NS/c1-6-8-10-16(11-9-7-2)12-14(13-17)15(3,4)5/h14,17H,6-13H2,1-5H3. The van der Waals surface area contributed by atoms with Crippen LogP contribution in [0.3, 0.4) is 0 Å². The number of hydrogen-bond acceptors (Lipinski definition) is 2. The first-order valence-electron chi connectivity index (χ1n) is 7.28. The van der Waals surface area contributed by atoms with E-state index in [1.807, 2.05) is 0 Å². The highest BCUT2D eigenvalue weighted by Gasteiger charge is 2.25. The lowest BCUT2D eigenvalue weighted by atomic mass is 9.81. The summed E-state index contributed by atoms with van der Waals surface area (Å²) in [6.07, 6.45) is 5.24. The maximum absolute atomic E-state index is 4.54. The summed E-state index contributed by atoms with van der Waals surface area (Å²) < 4.78 is 0. The molecule has 0 rings (SSSR count). The Morgan fingerprint density at radius 2 is 1.47 bits per heavy atom. The van der Waals surface area contributed by atoms with Crippen LogP contribution in [0.15, 0.2) is 0 Å². The molecular formula is C15H33NS. The van der Waals surface area contributed by atoms with Gasteiger partial charge in [-0.1, -0.05) is 47.5 Å². The van der Waals surface area contributed by atoms with E-state index in [4.69, 9.17) is 0 Å². The van der Waals surface area contributed by atoms with Gasteiger partial charge in [0.1, 0.15) is 0 Å². The Bertz CT molecular complexity index is 166. The summed E-state index contributed by atoms with van der Waals surface area (Å²) in [5, 5.41) is 0. The minimum Gasteiger partial charge on any atom is -0.303 e. The molecule has 17 heavy (non-hydrogen) atoms. The van der Waals surface area contributed by atoms with E-state index in [1.54, 1.807) is 0 Å². The van der Waals surface area contributed by atoms with Crippen LogP contribution in [0.1, 0.15) is 60.3 Å². The van der Waals surface area contributed by atoms with Gasteiger partial charge in [-0.25, -0.2) is 0 Å². The molecule has 1 atom stereocenters. The summed E-state index contributed by atoms with van der Waals surface area (Å²) in [5.41, 5.74) is 0.373. The first kappa shape index (κ1) is 17.3. The molecule has 2 heteroatoms. The molecule has 1 nitrogen and oxygen atoms in total. The largest absolute Gasteiger partial charge is 0.303 e. The number of rotatable bonds is 9. The minimum absolute atomic E-state index is 0.373. The smallest absolute Gasteiger partial charge is 0.00225 e. The van der Waals surface area contributed by atoms with Crippen molar-refractivity contribution in [2.24, 2.45) is 11.3 Å². The highest BCUT2D eigenvalue weighted by atomic mass is 32.1. The van der Waals surface area contributed by atoms with Crippen LogP contribution in [0.25, 0.3) is 0 Å². The van der Waals surface area contributed by atoms with Crippen LogP contribution in [-0.2, 0) is 0 Å². The van der Waals surface area contributed by atoms with E-state index in [2.05, 4.69) is 52.1 Å². The van der Waals surface area contributed by atoms with Crippen molar-refractivity contribution in [2.75, 3.05) is 25.4 Å². The van der Waals surface area contributed by atoms with Crippen LogP contribution in [-0.4, -0.2) is 30.3 Å². The average Bonchev–Trinajstić information content (AvgIpc) is 2.26. The number of hydrogen-bond donors (Lipinski definition) is 1. The van der Waals surface area contributed by atoms with E-state index in [0.29, 0.717) is 11.3 Å². The van der Waals surface area contributed by atoms with Crippen LogP contribution in [0.2, 0.25) is 0 Å². The molecule has 0 aromatic heterocycles. The fourth-order valence-corrected chi connectivity index (χ4v) is 2.64. The lowest BCUT2D eigenvalue weighted by molar-refractivity contribution is 0.161. The molecule has 0 saturated heterocycles. The summed E-state index contributed by atoms with van der Waals surface area (Å²) >= 11 is 4.54. The summed E-state index contributed by atoms with van der Waals surface area (Å²) in [5.74, 6) is 1.69. The normalized spacial score (nSPS) is 14.3. The molecule has 0 bridgehead atoms. The summed E-state index contributed by atoms with van der Waals surface area (Å²) in [4.78, 5) is 2.65. The summed E-state index contributed by atoms with van der Waals surface area (Å²) in [7, 11) is 0. The molecule has 104 valence electrons. The van der Waals surface area contributed by atoms with Crippen molar-refractivity contribution < 1.29 is 0 Å². The van der Waals surface area contributed by atoms with Gasteiger partial charge in [0.05, 0.1) is 0 Å². The summed E-state index contributed by atoms with van der Waals surface area (Å²) in [6.45, 7) is 15.3. The van der Waals surface area contributed by atoms with Crippen molar-refractivity contribution in [3.8, 4) is 0 Å². The molecular weight excluding hydrogens is 226 g/mol. The van der Waals surface area contributed by atoms with Crippen molar-refractivity contribution in [3.05, 3.63) is 0 Å². The third-order valence-electron chi connectivity index (χ3n) is 3.58. The van der Waals surface area contributed by atoms with E-state index in [9.17, 15) is 0 Å². The first-order chi connectivity index (χ1) is 7.95. The van der Waals surface area contributed by atoms with Crippen molar-refractivity contribution in [2.45, 2.75) is 60.3 Å². The zero-order valence-corrected chi connectivity index (χ0v) is 13.5. The predicted octanol–water partition coefficient (Wildman–Crippen LogP) is 4.48. The zero-order chi connectivity index (χ0) is 13.3. The lowest BCUT2D eigenvalue weighted by Crippen LogP contribution is -2.37. The number of nitrogens with zero attached hydrogens (tertiary/aromatic N) is 1. The molecule has 0 aromatic rings. The molecule has 0 radical (unpaired) electrons. The molecule has 0 aliphatic heterocycles. The van der Waals surface area contributed by atoms with Crippen LogP contribution in [0.5, 0.6) is 0 Å². The Hall–Kier alpha value is 0.310. The topological polar surface area (TPSA) is 3.24 Å². The monoisotopic (exact) mass is 259 g/mol. The zero-order valence-electron chi connectivity index (χ0n) is 12.6. The van der Waals surface area contributed by atoms with E-state index < -0.39 is 0 Å². The SMILES string of the molecule is CCCCN(CCCC)CC(CS)C(C)(C)C. The second kappa shape index (κ2) is 9.27. The Labute approximate surface area is 115 Å². The molecule has 1 unspecified atom stereocenters. The predicted molar refractivity (Wildman–Crippen MR) is 83.1 cm³/mol. The molecule has 0 aliphatic carbocycles. The molecule has 0 amide bonds. The van der Waals surface area contributed by atoms with Gasteiger partial charge < -0.3 is 4.90 Å². The van der Waals surface area contributed by atoms with Gasteiger partial charge >= 0.3 is 0 Å². The van der Waals surface area contributed by atoms with Gasteiger partial charge in [0.2, 0.25) is 0 Å². The summed E-state index contributed by atoms with van der Waals surface area (Å²) in [6, 6.07) is 0. The molecule has 0 saturated carbocycles. The van der Waals surface area contributed by atoms with Crippen molar-refractivity contribution in [3.63, 3.8) is 0 Å². The van der Waals surface area contributed by atoms with Crippen LogP contribution >= 0.6 is 12.6 Å². The lowest BCUT2D eigenvalue weighted by Gasteiger charge is -2.34. The second-order valence-corrected chi connectivity index (χ2v) is 6.62. The maximum Gasteiger partial charge on any atom is 0.00225 e. The highest BCUT2D eigenvalue weighted by Crippen LogP contribution is 2.27. The molecule has 0 fully saturated rings. The van der Waals surface area contributed by atoms with Gasteiger partial charge in [-0.05, 0) is 43.0 Å². The van der Waals surface area contributed by atoms with Crippen LogP contribution in [0, 0.1) is 11.3 Å². The maximum atomic E-state index is 4.54. The molecule has 0 heterocycles. The van der Waals surface area contributed by atoms with Crippen molar-refractivity contribution in [1.29, 1.82) is 0 Å². The van der Waals surface area contributed by atoms with Gasteiger partial charge in [-0.2, -0.15) is 12.6 Å². The van der Waals surface area contributed by atoms with Crippen LogP contribution in [0.4, 0.5) is 0 Å². The Morgan fingerprint density at radius 1 is 1.00 bits per heavy atom. The molecule has 0 aromatic carbocycles. The van der Waals surface area contributed by atoms with E-state index in [-0.39, 0.29) is 0 Å². The molecule has 0 N–H and O–H groups in total.